The van der Waals surface area contributed by atoms with Crippen molar-refractivity contribution in [2.75, 3.05) is 7.11 Å². The van der Waals surface area contributed by atoms with Gasteiger partial charge in [-0.1, -0.05) is 48.5 Å². The van der Waals surface area contributed by atoms with E-state index in [1.165, 1.54) is 0 Å². The fourth-order valence-corrected chi connectivity index (χ4v) is 1.23. The zero-order valence-electron chi connectivity index (χ0n) is 10.1. The fourth-order valence-electron chi connectivity index (χ4n) is 1.23. The second kappa shape index (κ2) is 7.23. The zero-order chi connectivity index (χ0) is 12.5. The number of ketones is 1. The fraction of sp³-hybridized carbons (Fsp3) is 0.133. The molecule has 0 aromatic heterocycles. The topological polar surface area (TPSA) is 26.3 Å². The first kappa shape index (κ1) is 13.0. The molecule has 0 aliphatic heterocycles. The van der Waals surface area contributed by atoms with E-state index in [-0.39, 0.29) is 5.78 Å². The number of para-hydroxylation sites is 1. The molecule has 2 nitrogen and oxygen atoms in total. The van der Waals surface area contributed by atoms with Gasteiger partial charge in [-0.2, -0.15) is 0 Å². The van der Waals surface area contributed by atoms with E-state index in [1.54, 1.807) is 14.0 Å². The molecule has 0 spiro atoms. The molecule has 0 saturated heterocycles. The van der Waals surface area contributed by atoms with E-state index in [2.05, 4.69) is 0 Å². The lowest BCUT2D eigenvalue weighted by Crippen LogP contribution is -1.88. The van der Waals surface area contributed by atoms with Gasteiger partial charge >= 0.3 is 0 Å². The van der Waals surface area contributed by atoms with Crippen LogP contribution < -0.4 is 4.74 Å². The van der Waals surface area contributed by atoms with Crippen LogP contribution in [-0.4, -0.2) is 12.9 Å². The van der Waals surface area contributed by atoms with Crippen LogP contribution in [-0.2, 0) is 0 Å². The predicted octanol–water partition coefficient (Wildman–Crippen LogP) is 3.58. The number of carbonyl (C=O) groups is 1. The van der Waals surface area contributed by atoms with Gasteiger partial charge in [0.1, 0.15) is 5.75 Å². The summed E-state index contributed by atoms with van der Waals surface area (Å²) in [7, 11) is 1.66. The summed E-state index contributed by atoms with van der Waals surface area (Å²) in [5.74, 6) is 1.03. The van der Waals surface area contributed by atoms with Crippen molar-refractivity contribution in [2.24, 2.45) is 0 Å². The number of Topliss-reactive ketones (excluding diaryl/α,β-unsaturated/α-hetero) is 1. The maximum atomic E-state index is 10.6. The minimum Gasteiger partial charge on any atom is -0.497 e. The van der Waals surface area contributed by atoms with Gasteiger partial charge in [-0.25, -0.2) is 0 Å². The van der Waals surface area contributed by atoms with E-state index in [0.29, 0.717) is 0 Å². The molecular weight excluding hydrogens is 212 g/mol. The molecule has 0 heterocycles. The maximum absolute atomic E-state index is 10.6. The Morgan fingerprint density at radius 2 is 1.35 bits per heavy atom. The number of ether oxygens (including phenoxy) is 1. The van der Waals surface area contributed by atoms with Crippen LogP contribution in [0.25, 0.3) is 0 Å². The SMILES string of the molecule is CC(=O)c1ccccc1.COc1ccccc1. The van der Waals surface area contributed by atoms with Gasteiger partial charge in [-0.05, 0) is 19.1 Å². The molecule has 0 unspecified atom stereocenters. The monoisotopic (exact) mass is 228 g/mol. The normalized spacial score (nSPS) is 8.82. The van der Waals surface area contributed by atoms with Crippen LogP contribution >= 0.6 is 0 Å². The molecule has 0 bridgehead atoms. The summed E-state index contributed by atoms with van der Waals surface area (Å²) in [6.45, 7) is 1.56. The molecule has 2 aromatic rings. The average Bonchev–Trinajstić information content (AvgIpc) is 2.41. The van der Waals surface area contributed by atoms with Crippen LogP contribution in [0.4, 0.5) is 0 Å². The summed E-state index contributed by atoms with van der Waals surface area (Å²) in [5.41, 5.74) is 0.775. The van der Waals surface area contributed by atoms with E-state index in [0.717, 1.165) is 11.3 Å². The van der Waals surface area contributed by atoms with Crippen molar-refractivity contribution in [2.45, 2.75) is 6.92 Å². The van der Waals surface area contributed by atoms with Crippen LogP contribution in [0.3, 0.4) is 0 Å². The molecule has 0 N–H and O–H groups in total. The molecule has 0 saturated carbocycles. The molecule has 0 amide bonds. The number of hydrogen-bond acceptors (Lipinski definition) is 2. The molecule has 0 aliphatic carbocycles. The summed E-state index contributed by atoms with van der Waals surface area (Å²) < 4.78 is 4.91. The van der Waals surface area contributed by atoms with Gasteiger partial charge < -0.3 is 4.74 Å². The van der Waals surface area contributed by atoms with E-state index in [9.17, 15) is 4.79 Å². The van der Waals surface area contributed by atoms with Gasteiger partial charge in [-0.3, -0.25) is 4.79 Å². The predicted molar refractivity (Wildman–Crippen MR) is 69.4 cm³/mol. The van der Waals surface area contributed by atoms with E-state index >= 15 is 0 Å². The van der Waals surface area contributed by atoms with Crippen LogP contribution in [0, 0.1) is 0 Å². The third kappa shape index (κ3) is 4.98. The van der Waals surface area contributed by atoms with Gasteiger partial charge in [0.2, 0.25) is 0 Å². The van der Waals surface area contributed by atoms with Crippen molar-refractivity contribution in [3.8, 4) is 5.75 Å². The minimum absolute atomic E-state index is 0.121. The van der Waals surface area contributed by atoms with Gasteiger partial charge in [-0.15, -0.1) is 0 Å². The van der Waals surface area contributed by atoms with Crippen LogP contribution in [0.15, 0.2) is 60.7 Å². The number of benzene rings is 2. The Hall–Kier alpha value is -2.09. The van der Waals surface area contributed by atoms with Crippen molar-refractivity contribution in [1.82, 2.24) is 0 Å². The molecule has 2 aromatic carbocycles. The Balaban J connectivity index is 0.000000171. The lowest BCUT2D eigenvalue weighted by molar-refractivity contribution is 0.101. The Bertz CT molecular complexity index is 435. The minimum atomic E-state index is 0.121. The van der Waals surface area contributed by atoms with Crippen molar-refractivity contribution >= 4 is 5.78 Å². The maximum Gasteiger partial charge on any atom is 0.159 e. The molecule has 0 atom stereocenters. The van der Waals surface area contributed by atoms with Crippen molar-refractivity contribution in [3.63, 3.8) is 0 Å². The molecule has 0 radical (unpaired) electrons. The Morgan fingerprint density at radius 1 is 0.882 bits per heavy atom. The molecule has 0 fully saturated rings. The van der Waals surface area contributed by atoms with Crippen LogP contribution in [0.2, 0.25) is 0 Å². The van der Waals surface area contributed by atoms with E-state index in [4.69, 9.17) is 4.74 Å². The lowest BCUT2D eigenvalue weighted by atomic mass is 10.2. The van der Waals surface area contributed by atoms with Crippen molar-refractivity contribution < 1.29 is 9.53 Å². The molecule has 88 valence electrons. The summed E-state index contributed by atoms with van der Waals surface area (Å²) >= 11 is 0. The van der Waals surface area contributed by atoms with Gasteiger partial charge in [0, 0.05) is 5.56 Å². The summed E-state index contributed by atoms with van der Waals surface area (Å²) in [5, 5.41) is 0. The number of carbonyl (C=O) groups excluding carboxylic acids is 1. The number of rotatable bonds is 2. The molecule has 2 rings (SSSR count). The highest BCUT2D eigenvalue weighted by Crippen LogP contribution is 2.05. The average molecular weight is 228 g/mol. The second-order valence-corrected chi connectivity index (χ2v) is 3.44. The van der Waals surface area contributed by atoms with Crippen LogP contribution in [0.1, 0.15) is 17.3 Å². The second-order valence-electron chi connectivity index (χ2n) is 3.44. The van der Waals surface area contributed by atoms with Gasteiger partial charge in [0.15, 0.2) is 5.78 Å². The standard InChI is InChI=1S/C8H8O.C7H8O/c1-7(9)8-5-3-2-4-6-8;1-8-7-5-3-2-4-6-7/h2-6H,1H3;2-6H,1H3. The number of hydrogen-bond donors (Lipinski definition) is 0. The quantitative estimate of drug-likeness (QED) is 0.734. The Morgan fingerprint density at radius 3 is 1.65 bits per heavy atom. The largest absolute Gasteiger partial charge is 0.497 e. The Labute approximate surface area is 102 Å². The van der Waals surface area contributed by atoms with E-state index in [1.807, 2.05) is 60.7 Å². The molecule has 17 heavy (non-hydrogen) atoms. The summed E-state index contributed by atoms with van der Waals surface area (Å²) in [6, 6.07) is 18.9. The molecule has 2 heteroatoms. The van der Waals surface area contributed by atoms with Crippen LogP contribution in [0.5, 0.6) is 5.75 Å². The first-order chi connectivity index (χ1) is 8.24. The Kier molecular flexibility index (Phi) is 5.52. The lowest BCUT2D eigenvalue weighted by Gasteiger charge is -1.93. The summed E-state index contributed by atoms with van der Waals surface area (Å²) in [4.78, 5) is 10.6. The van der Waals surface area contributed by atoms with Gasteiger partial charge in [0.05, 0.1) is 7.11 Å². The van der Waals surface area contributed by atoms with Crippen molar-refractivity contribution in [1.29, 1.82) is 0 Å². The number of methoxy groups -OCH3 is 1. The third-order valence-electron chi connectivity index (χ3n) is 2.16. The zero-order valence-corrected chi connectivity index (χ0v) is 10.1. The van der Waals surface area contributed by atoms with Gasteiger partial charge in [0.25, 0.3) is 0 Å². The highest BCUT2D eigenvalue weighted by Gasteiger charge is 1.92. The smallest absolute Gasteiger partial charge is 0.159 e. The summed E-state index contributed by atoms with van der Waals surface area (Å²) in [6.07, 6.45) is 0. The third-order valence-corrected chi connectivity index (χ3v) is 2.16. The first-order valence-electron chi connectivity index (χ1n) is 5.39. The molecule has 0 aliphatic rings. The molecular formula is C15H16O2. The van der Waals surface area contributed by atoms with Crippen molar-refractivity contribution in [3.05, 3.63) is 66.2 Å². The highest BCUT2D eigenvalue weighted by atomic mass is 16.5. The van der Waals surface area contributed by atoms with E-state index < -0.39 is 0 Å². The highest BCUT2D eigenvalue weighted by molar-refractivity contribution is 5.93. The first-order valence-corrected chi connectivity index (χ1v) is 5.39.